The molecule has 0 rings (SSSR count). The summed E-state index contributed by atoms with van der Waals surface area (Å²) in [5.74, 6) is 0.207. The molecule has 0 spiro atoms. The molecule has 0 radical (unpaired) electrons. The van der Waals surface area contributed by atoms with Gasteiger partial charge in [-0.2, -0.15) is 0 Å². The van der Waals surface area contributed by atoms with Gasteiger partial charge in [-0.25, -0.2) is 0 Å². The number of hydrogen-bond donors (Lipinski definition) is 2. The third-order valence-electron chi connectivity index (χ3n) is 2.46. The van der Waals surface area contributed by atoms with Gasteiger partial charge in [0.05, 0.1) is 0 Å². The van der Waals surface area contributed by atoms with E-state index in [1.165, 1.54) is 19.3 Å². The highest BCUT2D eigenvalue weighted by atomic mass is 16.1. The fourth-order valence-corrected chi connectivity index (χ4v) is 1.47. The van der Waals surface area contributed by atoms with Crippen molar-refractivity contribution >= 4 is 5.91 Å². The highest BCUT2D eigenvalue weighted by Crippen LogP contribution is 2.02. The standard InChI is InChI=1S/C12H26N2O/c1-2-3-4-6-9-12(15)14-11-8-5-7-10-13/h2-11,13H2,1H3,(H,14,15). The van der Waals surface area contributed by atoms with Gasteiger partial charge in [0.1, 0.15) is 0 Å². The third-order valence-corrected chi connectivity index (χ3v) is 2.46. The Morgan fingerprint density at radius 1 is 1.07 bits per heavy atom. The van der Waals surface area contributed by atoms with Crippen molar-refractivity contribution in [1.82, 2.24) is 5.32 Å². The number of carbonyl (C=O) groups is 1. The van der Waals surface area contributed by atoms with Crippen LogP contribution in [-0.2, 0) is 4.79 Å². The Balaban J connectivity index is 3.11. The molecule has 0 aromatic carbocycles. The molecule has 0 unspecified atom stereocenters. The van der Waals surface area contributed by atoms with Crippen LogP contribution in [0.2, 0.25) is 0 Å². The lowest BCUT2D eigenvalue weighted by molar-refractivity contribution is -0.121. The van der Waals surface area contributed by atoms with E-state index in [0.717, 1.165) is 38.8 Å². The first-order valence-electron chi connectivity index (χ1n) is 6.28. The summed E-state index contributed by atoms with van der Waals surface area (Å²) in [5.41, 5.74) is 5.38. The molecule has 3 N–H and O–H groups in total. The van der Waals surface area contributed by atoms with Crippen LogP contribution < -0.4 is 11.1 Å². The van der Waals surface area contributed by atoms with Crippen molar-refractivity contribution in [2.75, 3.05) is 13.1 Å². The smallest absolute Gasteiger partial charge is 0.219 e. The molecule has 0 aliphatic carbocycles. The fourth-order valence-electron chi connectivity index (χ4n) is 1.47. The molecule has 0 aromatic rings. The minimum Gasteiger partial charge on any atom is -0.356 e. The summed E-state index contributed by atoms with van der Waals surface area (Å²) in [6.07, 6.45) is 8.60. The number of unbranched alkanes of at least 4 members (excludes halogenated alkanes) is 5. The van der Waals surface area contributed by atoms with Crippen LogP contribution in [0.25, 0.3) is 0 Å². The van der Waals surface area contributed by atoms with Crippen LogP contribution in [0.1, 0.15) is 58.3 Å². The number of nitrogens with two attached hydrogens (primary N) is 1. The molecule has 0 aromatic heterocycles. The van der Waals surface area contributed by atoms with Crippen molar-refractivity contribution in [2.45, 2.75) is 58.3 Å². The normalized spacial score (nSPS) is 10.3. The molecular formula is C12H26N2O. The molecular weight excluding hydrogens is 188 g/mol. The van der Waals surface area contributed by atoms with E-state index >= 15 is 0 Å². The van der Waals surface area contributed by atoms with Crippen LogP contribution in [0.4, 0.5) is 0 Å². The average molecular weight is 214 g/mol. The van der Waals surface area contributed by atoms with Gasteiger partial charge in [-0.05, 0) is 25.8 Å². The summed E-state index contributed by atoms with van der Waals surface area (Å²) in [5, 5.41) is 2.94. The Hall–Kier alpha value is -0.570. The quantitative estimate of drug-likeness (QED) is 0.548. The maximum absolute atomic E-state index is 11.3. The second kappa shape index (κ2) is 11.5. The lowest BCUT2D eigenvalue weighted by Gasteiger charge is -2.04. The van der Waals surface area contributed by atoms with E-state index in [2.05, 4.69) is 12.2 Å². The number of nitrogens with one attached hydrogen (secondary N) is 1. The summed E-state index contributed by atoms with van der Waals surface area (Å²) in [6.45, 7) is 3.75. The third kappa shape index (κ3) is 11.4. The van der Waals surface area contributed by atoms with Gasteiger partial charge in [0.15, 0.2) is 0 Å². The zero-order valence-corrected chi connectivity index (χ0v) is 10.1. The Labute approximate surface area is 93.8 Å². The van der Waals surface area contributed by atoms with Crippen LogP contribution >= 0.6 is 0 Å². The first-order valence-corrected chi connectivity index (χ1v) is 6.28. The predicted molar refractivity (Wildman–Crippen MR) is 64.7 cm³/mol. The van der Waals surface area contributed by atoms with E-state index in [9.17, 15) is 4.79 Å². The molecule has 0 aliphatic heterocycles. The van der Waals surface area contributed by atoms with Crippen molar-refractivity contribution in [3.8, 4) is 0 Å². The molecule has 3 nitrogen and oxygen atoms in total. The van der Waals surface area contributed by atoms with Crippen LogP contribution in [0.5, 0.6) is 0 Å². The Bertz CT molecular complexity index is 149. The largest absolute Gasteiger partial charge is 0.356 e. The fraction of sp³-hybridized carbons (Fsp3) is 0.917. The molecule has 0 aliphatic rings. The summed E-state index contributed by atoms with van der Waals surface area (Å²) in [6, 6.07) is 0. The van der Waals surface area contributed by atoms with Crippen LogP contribution in [0.15, 0.2) is 0 Å². The van der Waals surface area contributed by atoms with E-state index < -0.39 is 0 Å². The molecule has 0 fully saturated rings. The molecule has 15 heavy (non-hydrogen) atoms. The molecule has 0 bridgehead atoms. The topological polar surface area (TPSA) is 55.1 Å². The molecule has 0 saturated heterocycles. The summed E-state index contributed by atoms with van der Waals surface area (Å²) in [7, 11) is 0. The first-order chi connectivity index (χ1) is 7.31. The van der Waals surface area contributed by atoms with Gasteiger partial charge < -0.3 is 11.1 Å². The summed E-state index contributed by atoms with van der Waals surface area (Å²) in [4.78, 5) is 11.3. The van der Waals surface area contributed by atoms with Crippen LogP contribution in [0, 0.1) is 0 Å². The van der Waals surface area contributed by atoms with Gasteiger partial charge in [0.25, 0.3) is 0 Å². The maximum Gasteiger partial charge on any atom is 0.219 e. The van der Waals surface area contributed by atoms with Gasteiger partial charge in [-0.3, -0.25) is 4.79 Å². The predicted octanol–water partition coefficient (Wildman–Crippen LogP) is 2.20. The first kappa shape index (κ1) is 14.4. The lowest BCUT2D eigenvalue weighted by Crippen LogP contribution is -2.24. The van der Waals surface area contributed by atoms with Crippen molar-refractivity contribution < 1.29 is 4.79 Å². The monoisotopic (exact) mass is 214 g/mol. The zero-order chi connectivity index (χ0) is 11.4. The zero-order valence-electron chi connectivity index (χ0n) is 10.1. The minimum absolute atomic E-state index is 0.207. The Kier molecular flexibility index (Phi) is 11.1. The van der Waals surface area contributed by atoms with Crippen molar-refractivity contribution in [1.29, 1.82) is 0 Å². The molecule has 1 amide bonds. The molecule has 0 saturated carbocycles. The Morgan fingerprint density at radius 3 is 2.47 bits per heavy atom. The number of carbonyl (C=O) groups excluding carboxylic acids is 1. The average Bonchev–Trinajstić information content (AvgIpc) is 2.24. The van der Waals surface area contributed by atoms with Crippen molar-refractivity contribution in [3.63, 3.8) is 0 Å². The number of amides is 1. The lowest BCUT2D eigenvalue weighted by atomic mass is 10.1. The second-order valence-electron chi connectivity index (χ2n) is 4.01. The van der Waals surface area contributed by atoms with Gasteiger partial charge in [0, 0.05) is 13.0 Å². The van der Waals surface area contributed by atoms with E-state index in [1.54, 1.807) is 0 Å². The van der Waals surface area contributed by atoms with Crippen LogP contribution in [-0.4, -0.2) is 19.0 Å². The van der Waals surface area contributed by atoms with Crippen molar-refractivity contribution in [3.05, 3.63) is 0 Å². The molecule has 3 heteroatoms. The summed E-state index contributed by atoms with van der Waals surface area (Å²) >= 11 is 0. The van der Waals surface area contributed by atoms with Gasteiger partial charge in [-0.1, -0.05) is 32.6 Å². The second-order valence-corrected chi connectivity index (χ2v) is 4.01. The van der Waals surface area contributed by atoms with Gasteiger partial charge in [-0.15, -0.1) is 0 Å². The molecule has 0 atom stereocenters. The van der Waals surface area contributed by atoms with Gasteiger partial charge >= 0.3 is 0 Å². The minimum atomic E-state index is 0.207. The maximum atomic E-state index is 11.3. The van der Waals surface area contributed by atoms with E-state index in [1.807, 2.05) is 0 Å². The van der Waals surface area contributed by atoms with E-state index in [0.29, 0.717) is 6.42 Å². The van der Waals surface area contributed by atoms with E-state index in [4.69, 9.17) is 5.73 Å². The SMILES string of the molecule is CCCCCCC(=O)NCCCCCN. The highest BCUT2D eigenvalue weighted by molar-refractivity contribution is 5.75. The number of hydrogen-bond acceptors (Lipinski definition) is 2. The summed E-state index contributed by atoms with van der Waals surface area (Å²) < 4.78 is 0. The van der Waals surface area contributed by atoms with E-state index in [-0.39, 0.29) is 5.91 Å². The highest BCUT2D eigenvalue weighted by Gasteiger charge is 1.99. The Morgan fingerprint density at radius 2 is 1.80 bits per heavy atom. The molecule has 0 heterocycles. The van der Waals surface area contributed by atoms with Crippen molar-refractivity contribution in [2.24, 2.45) is 5.73 Å². The number of rotatable bonds is 10. The molecule has 90 valence electrons. The van der Waals surface area contributed by atoms with Crippen LogP contribution in [0.3, 0.4) is 0 Å². The van der Waals surface area contributed by atoms with Gasteiger partial charge in [0.2, 0.25) is 5.91 Å².